The molecule has 0 aromatic heterocycles. The van der Waals surface area contributed by atoms with Gasteiger partial charge in [0.05, 0.1) is 7.11 Å². The van der Waals surface area contributed by atoms with E-state index in [9.17, 15) is 0 Å². The zero-order valence-corrected chi connectivity index (χ0v) is 5.55. The summed E-state index contributed by atoms with van der Waals surface area (Å²) in [7, 11) is 6.77. The summed E-state index contributed by atoms with van der Waals surface area (Å²) in [5.41, 5.74) is 0.494. The zero-order valence-electron chi connectivity index (χ0n) is 5.55. The van der Waals surface area contributed by atoms with Crippen LogP contribution in [0.2, 0.25) is 0 Å². The normalized spacial score (nSPS) is 9.44. The maximum absolute atomic E-state index is 5.22. The first-order valence-corrected chi connectivity index (χ1v) is 2.52. The van der Waals surface area contributed by atoms with E-state index in [1.165, 1.54) is 0 Å². The zero-order chi connectivity index (χ0) is 7.28. The molecular formula is C7H9BO. The SMILES string of the molecule is [B]C(=C)/C=C\C(=C)OC. The molecule has 0 aliphatic rings. The maximum Gasteiger partial charge on any atom is 0.112 e. The molecule has 0 aromatic rings. The van der Waals surface area contributed by atoms with Crippen molar-refractivity contribution in [2.45, 2.75) is 0 Å². The summed E-state index contributed by atoms with van der Waals surface area (Å²) in [6, 6.07) is 0. The van der Waals surface area contributed by atoms with Crippen molar-refractivity contribution in [1.29, 1.82) is 0 Å². The fraction of sp³-hybridized carbons (Fsp3) is 0.143. The molecular weight excluding hydrogens is 111 g/mol. The van der Waals surface area contributed by atoms with E-state index in [0.717, 1.165) is 0 Å². The second kappa shape index (κ2) is 4.01. The summed E-state index contributed by atoms with van der Waals surface area (Å²) < 4.78 is 4.72. The largest absolute Gasteiger partial charge is 0.497 e. The molecule has 0 N–H and O–H groups in total. The molecule has 2 radical (unpaired) electrons. The standard InChI is InChI=1S/C7H9BO/c1-6(8)4-5-7(2)9-3/h4-5H,1-2H2,3H3/b5-4-. The average Bonchev–Trinajstić information content (AvgIpc) is 1.83. The Labute approximate surface area is 57.1 Å². The first kappa shape index (κ1) is 8.08. The summed E-state index contributed by atoms with van der Waals surface area (Å²) in [5, 5.41) is 0. The Morgan fingerprint density at radius 2 is 2.00 bits per heavy atom. The van der Waals surface area contributed by atoms with Gasteiger partial charge in [-0.1, -0.05) is 12.7 Å². The lowest BCUT2D eigenvalue weighted by Gasteiger charge is -1.94. The quantitative estimate of drug-likeness (QED) is 0.310. The van der Waals surface area contributed by atoms with Crippen LogP contribution in [0.3, 0.4) is 0 Å². The Hall–Kier alpha value is -0.915. The summed E-state index contributed by atoms with van der Waals surface area (Å²) in [4.78, 5) is 0. The fourth-order valence-corrected chi connectivity index (χ4v) is 0.268. The topological polar surface area (TPSA) is 9.23 Å². The highest BCUT2D eigenvalue weighted by molar-refractivity contribution is 6.23. The minimum Gasteiger partial charge on any atom is -0.497 e. The van der Waals surface area contributed by atoms with Crippen molar-refractivity contribution in [3.05, 3.63) is 36.5 Å². The van der Waals surface area contributed by atoms with Crippen LogP contribution in [0.15, 0.2) is 36.5 Å². The lowest BCUT2D eigenvalue weighted by molar-refractivity contribution is 0.309. The van der Waals surface area contributed by atoms with Crippen LogP contribution in [0.4, 0.5) is 0 Å². The van der Waals surface area contributed by atoms with Crippen molar-refractivity contribution < 1.29 is 4.74 Å². The molecule has 0 atom stereocenters. The van der Waals surface area contributed by atoms with E-state index in [-0.39, 0.29) is 0 Å². The number of hydrogen-bond acceptors (Lipinski definition) is 1. The highest BCUT2D eigenvalue weighted by atomic mass is 16.5. The van der Waals surface area contributed by atoms with E-state index in [2.05, 4.69) is 13.2 Å². The minimum absolute atomic E-state index is 0.494. The molecule has 1 nitrogen and oxygen atoms in total. The van der Waals surface area contributed by atoms with Crippen molar-refractivity contribution in [3.8, 4) is 0 Å². The van der Waals surface area contributed by atoms with Crippen LogP contribution in [0.25, 0.3) is 0 Å². The van der Waals surface area contributed by atoms with Gasteiger partial charge in [-0.3, -0.25) is 0 Å². The van der Waals surface area contributed by atoms with Gasteiger partial charge in [-0.25, -0.2) is 0 Å². The number of allylic oxidation sites excluding steroid dienone is 3. The lowest BCUT2D eigenvalue weighted by atomic mass is 9.98. The summed E-state index contributed by atoms with van der Waals surface area (Å²) in [5.74, 6) is 0.571. The molecule has 0 rings (SSSR count). The smallest absolute Gasteiger partial charge is 0.112 e. The van der Waals surface area contributed by atoms with Crippen molar-refractivity contribution in [1.82, 2.24) is 0 Å². The van der Waals surface area contributed by atoms with Crippen LogP contribution < -0.4 is 0 Å². The molecule has 0 aliphatic heterocycles. The van der Waals surface area contributed by atoms with E-state index in [1.54, 1.807) is 19.3 Å². The van der Waals surface area contributed by atoms with Gasteiger partial charge in [-0.05, 0) is 6.08 Å². The van der Waals surface area contributed by atoms with Crippen molar-refractivity contribution in [2.75, 3.05) is 7.11 Å². The molecule has 0 amide bonds. The van der Waals surface area contributed by atoms with Crippen molar-refractivity contribution in [2.24, 2.45) is 0 Å². The van der Waals surface area contributed by atoms with Crippen LogP contribution in [0, 0.1) is 0 Å². The second-order valence-electron chi connectivity index (χ2n) is 1.58. The number of hydrogen-bond donors (Lipinski definition) is 0. The summed E-state index contributed by atoms with van der Waals surface area (Å²) >= 11 is 0. The molecule has 0 spiro atoms. The molecule has 46 valence electrons. The molecule has 0 aliphatic carbocycles. The molecule has 0 bridgehead atoms. The fourth-order valence-electron chi connectivity index (χ4n) is 0.268. The van der Waals surface area contributed by atoms with Gasteiger partial charge in [0.1, 0.15) is 13.6 Å². The third-order valence-electron chi connectivity index (χ3n) is 0.745. The van der Waals surface area contributed by atoms with E-state index in [1.807, 2.05) is 0 Å². The maximum atomic E-state index is 5.22. The highest BCUT2D eigenvalue weighted by Crippen LogP contribution is 1.94. The Bertz CT molecular complexity index is 147. The Morgan fingerprint density at radius 1 is 1.44 bits per heavy atom. The minimum atomic E-state index is 0.494. The Kier molecular flexibility index (Phi) is 3.61. The van der Waals surface area contributed by atoms with Gasteiger partial charge >= 0.3 is 0 Å². The van der Waals surface area contributed by atoms with Crippen molar-refractivity contribution >= 4 is 7.85 Å². The van der Waals surface area contributed by atoms with Crippen molar-refractivity contribution in [3.63, 3.8) is 0 Å². The lowest BCUT2D eigenvalue weighted by Crippen LogP contribution is -1.77. The molecule has 0 fully saturated rings. The highest BCUT2D eigenvalue weighted by Gasteiger charge is 1.79. The molecule has 0 saturated carbocycles. The molecule has 0 unspecified atom stereocenters. The van der Waals surface area contributed by atoms with Crippen LogP contribution in [-0.4, -0.2) is 15.0 Å². The monoisotopic (exact) mass is 120 g/mol. The van der Waals surface area contributed by atoms with Crippen LogP contribution in [0.5, 0.6) is 0 Å². The average molecular weight is 120 g/mol. The van der Waals surface area contributed by atoms with Gasteiger partial charge in [0.15, 0.2) is 0 Å². The van der Waals surface area contributed by atoms with Gasteiger partial charge in [0.25, 0.3) is 0 Å². The first-order valence-electron chi connectivity index (χ1n) is 2.52. The molecule has 0 saturated heterocycles. The number of rotatable bonds is 3. The van der Waals surface area contributed by atoms with Crippen LogP contribution in [-0.2, 0) is 4.74 Å². The summed E-state index contributed by atoms with van der Waals surface area (Å²) in [6.07, 6.45) is 3.29. The molecule has 0 heterocycles. The van der Waals surface area contributed by atoms with E-state index in [0.29, 0.717) is 11.2 Å². The predicted molar refractivity (Wildman–Crippen MR) is 40.2 cm³/mol. The number of methoxy groups -OCH3 is 1. The second-order valence-corrected chi connectivity index (χ2v) is 1.58. The van der Waals surface area contributed by atoms with Crippen LogP contribution in [0.1, 0.15) is 0 Å². The van der Waals surface area contributed by atoms with E-state index in [4.69, 9.17) is 12.6 Å². The summed E-state index contributed by atoms with van der Waals surface area (Å²) in [6.45, 7) is 7.00. The van der Waals surface area contributed by atoms with Crippen LogP contribution >= 0.6 is 0 Å². The molecule has 0 aromatic carbocycles. The number of ether oxygens (including phenoxy) is 1. The molecule has 2 heteroatoms. The van der Waals surface area contributed by atoms with Gasteiger partial charge in [0, 0.05) is 0 Å². The van der Waals surface area contributed by atoms with Gasteiger partial charge in [0.2, 0.25) is 0 Å². The van der Waals surface area contributed by atoms with Gasteiger partial charge < -0.3 is 4.74 Å². The Balaban J connectivity index is 3.71. The third-order valence-corrected chi connectivity index (χ3v) is 0.745. The molecule has 9 heavy (non-hydrogen) atoms. The van der Waals surface area contributed by atoms with Gasteiger partial charge in [-0.2, -0.15) is 0 Å². The third kappa shape index (κ3) is 4.95. The first-order chi connectivity index (χ1) is 4.16. The van der Waals surface area contributed by atoms with E-state index < -0.39 is 0 Å². The predicted octanol–water partition coefficient (Wildman–Crippen LogP) is 1.38. The van der Waals surface area contributed by atoms with E-state index >= 15 is 0 Å². The Morgan fingerprint density at radius 3 is 2.33 bits per heavy atom. The van der Waals surface area contributed by atoms with Gasteiger partial charge in [-0.15, -0.1) is 12.1 Å².